The summed E-state index contributed by atoms with van der Waals surface area (Å²) in [4.78, 5) is 12.8. The highest BCUT2D eigenvalue weighted by Crippen LogP contribution is 2.34. The molecule has 4 aromatic rings. The lowest BCUT2D eigenvalue weighted by Gasteiger charge is -2.15. The summed E-state index contributed by atoms with van der Waals surface area (Å²) in [6.45, 7) is 1.93. The molecular weight excluding hydrogens is 402 g/mol. The normalized spacial score (nSPS) is 11.6. The number of nitrogens with one attached hydrogen (secondary N) is 2. The zero-order chi connectivity index (χ0) is 22.5. The molecule has 32 heavy (non-hydrogen) atoms. The number of urea groups is 1. The van der Waals surface area contributed by atoms with Crippen molar-refractivity contribution < 1.29 is 9.53 Å². The van der Waals surface area contributed by atoms with Crippen LogP contribution < -0.4 is 21.1 Å². The minimum atomic E-state index is -0.365. The van der Waals surface area contributed by atoms with Gasteiger partial charge in [0.15, 0.2) is 5.82 Å². The van der Waals surface area contributed by atoms with Crippen LogP contribution in [0.4, 0.5) is 16.3 Å². The van der Waals surface area contributed by atoms with Gasteiger partial charge in [0.1, 0.15) is 17.1 Å². The number of carbonyl (C=O) groups is 1. The molecule has 3 aromatic carbocycles. The summed E-state index contributed by atoms with van der Waals surface area (Å²) in [7, 11) is 1.61. The van der Waals surface area contributed by atoms with Crippen LogP contribution >= 0.6 is 0 Å². The molecule has 0 aliphatic carbocycles. The average molecular weight is 428 g/mol. The fourth-order valence-corrected chi connectivity index (χ4v) is 3.44. The van der Waals surface area contributed by atoms with E-state index in [2.05, 4.69) is 10.6 Å². The second-order valence-corrected chi connectivity index (χ2v) is 7.32. The summed E-state index contributed by atoms with van der Waals surface area (Å²) >= 11 is 0. The molecule has 2 amide bonds. The molecule has 1 unspecified atom stereocenters. The van der Waals surface area contributed by atoms with Crippen LogP contribution in [-0.4, -0.2) is 22.9 Å². The fraction of sp³-hybridized carbons (Fsp3) is 0.120. The number of hydrogen-bond donors (Lipinski definition) is 3. The summed E-state index contributed by atoms with van der Waals surface area (Å²) < 4.78 is 6.87. The summed E-state index contributed by atoms with van der Waals surface area (Å²) in [5.41, 5.74) is 10.1. The summed E-state index contributed by atoms with van der Waals surface area (Å²) in [6, 6.07) is 26.2. The Labute approximate surface area is 186 Å². The maximum Gasteiger partial charge on any atom is 0.319 e. The quantitative estimate of drug-likeness (QED) is 0.403. The zero-order valence-electron chi connectivity index (χ0n) is 17.9. The van der Waals surface area contributed by atoms with Gasteiger partial charge >= 0.3 is 6.03 Å². The fourth-order valence-electron chi connectivity index (χ4n) is 3.44. The second-order valence-electron chi connectivity index (χ2n) is 7.32. The molecule has 0 radical (unpaired) electrons. The Bertz CT molecular complexity index is 1190. The maximum absolute atomic E-state index is 12.8. The van der Waals surface area contributed by atoms with Gasteiger partial charge in [-0.2, -0.15) is 5.10 Å². The number of carbonyl (C=O) groups excluding carboxylic acids is 1. The predicted octanol–water partition coefficient (Wildman–Crippen LogP) is 5.01. The third kappa shape index (κ3) is 4.41. The van der Waals surface area contributed by atoms with Crippen molar-refractivity contribution in [3.05, 3.63) is 90.5 Å². The monoisotopic (exact) mass is 427 g/mol. The number of anilines is 2. The van der Waals surface area contributed by atoms with Crippen molar-refractivity contribution in [3.63, 3.8) is 0 Å². The van der Waals surface area contributed by atoms with Crippen molar-refractivity contribution in [3.8, 4) is 22.7 Å². The molecule has 4 rings (SSSR count). The van der Waals surface area contributed by atoms with Gasteiger partial charge in [-0.05, 0) is 48.9 Å². The number of ether oxygens (including phenoxy) is 1. The van der Waals surface area contributed by atoms with E-state index in [4.69, 9.17) is 15.6 Å². The molecule has 0 saturated heterocycles. The van der Waals surface area contributed by atoms with E-state index in [0.29, 0.717) is 17.2 Å². The first-order chi connectivity index (χ1) is 15.6. The number of rotatable bonds is 6. The van der Waals surface area contributed by atoms with Crippen LogP contribution in [0.5, 0.6) is 5.75 Å². The summed E-state index contributed by atoms with van der Waals surface area (Å²) in [6.07, 6.45) is 0. The zero-order valence-corrected chi connectivity index (χ0v) is 17.9. The van der Waals surface area contributed by atoms with Crippen molar-refractivity contribution in [2.24, 2.45) is 0 Å². The van der Waals surface area contributed by atoms with Crippen LogP contribution in [0.15, 0.2) is 84.9 Å². The molecule has 1 atom stereocenters. The minimum absolute atomic E-state index is 0.175. The Morgan fingerprint density at radius 2 is 1.59 bits per heavy atom. The Hall–Kier alpha value is -4.26. The largest absolute Gasteiger partial charge is 0.497 e. The van der Waals surface area contributed by atoms with Crippen LogP contribution in [0.1, 0.15) is 18.5 Å². The Kier molecular flexibility index (Phi) is 6.07. The molecule has 0 bridgehead atoms. The van der Waals surface area contributed by atoms with Gasteiger partial charge < -0.3 is 21.1 Å². The van der Waals surface area contributed by atoms with Gasteiger partial charge in [-0.25, -0.2) is 9.48 Å². The third-order valence-electron chi connectivity index (χ3n) is 5.17. The van der Waals surface area contributed by atoms with Gasteiger partial charge in [0.05, 0.1) is 18.8 Å². The van der Waals surface area contributed by atoms with Gasteiger partial charge in [0.2, 0.25) is 0 Å². The van der Waals surface area contributed by atoms with Crippen molar-refractivity contribution >= 4 is 17.5 Å². The lowest BCUT2D eigenvalue weighted by Crippen LogP contribution is -2.31. The standard InChI is InChI=1S/C25H25N5O2/c1-17(18-9-5-3-6-10-18)27-25(31)28-23-22(19-13-15-21(32-2)16-14-19)29-30(24(23)26)20-11-7-4-8-12-20/h3-17H,26H2,1-2H3,(H2,27,28,31). The number of amides is 2. The van der Waals surface area contributed by atoms with Crippen LogP contribution in [-0.2, 0) is 0 Å². The van der Waals surface area contributed by atoms with E-state index < -0.39 is 0 Å². The number of aromatic nitrogens is 2. The number of nitrogens with two attached hydrogens (primary N) is 1. The maximum atomic E-state index is 12.8. The Balaban J connectivity index is 1.67. The molecular formula is C25H25N5O2. The highest BCUT2D eigenvalue weighted by atomic mass is 16.5. The first kappa shape index (κ1) is 21.0. The van der Waals surface area contributed by atoms with E-state index in [0.717, 1.165) is 22.6 Å². The van der Waals surface area contributed by atoms with Gasteiger partial charge in [-0.1, -0.05) is 48.5 Å². The molecule has 0 aliphatic heterocycles. The number of nitrogens with zero attached hydrogens (tertiary/aromatic N) is 2. The van der Waals surface area contributed by atoms with Gasteiger partial charge in [-0.15, -0.1) is 0 Å². The molecule has 0 spiro atoms. The van der Waals surface area contributed by atoms with Gasteiger partial charge in [0.25, 0.3) is 0 Å². The van der Waals surface area contributed by atoms with Crippen LogP contribution in [0, 0.1) is 0 Å². The third-order valence-corrected chi connectivity index (χ3v) is 5.17. The number of methoxy groups -OCH3 is 1. The smallest absolute Gasteiger partial charge is 0.319 e. The van der Waals surface area contributed by atoms with E-state index in [1.54, 1.807) is 11.8 Å². The van der Waals surface area contributed by atoms with Crippen molar-refractivity contribution in [2.75, 3.05) is 18.2 Å². The van der Waals surface area contributed by atoms with E-state index in [1.807, 2.05) is 91.9 Å². The molecule has 0 fully saturated rings. The van der Waals surface area contributed by atoms with Crippen molar-refractivity contribution in [1.29, 1.82) is 0 Å². The topological polar surface area (TPSA) is 94.2 Å². The van der Waals surface area contributed by atoms with E-state index in [-0.39, 0.29) is 12.1 Å². The van der Waals surface area contributed by atoms with Gasteiger partial charge in [0, 0.05) is 5.56 Å². The second kappa shape index (κ2) is 9.26. The minimum Gasteiger partial charge on any atom is -0.497 e. The molecule has 0 saturated carbocycles. The molecule has 7 heteroatoms. The lowest BCUT2D eigenvalue weighted by atomic mass is 10.1. The van der Waals surface area contributed by atoms with E-state index in [9.17, 15) is 4.79 Å². The Morgan fingerprint density at radius 1 is 0.969 bits per heavy atom. The molecule has 1 heterocycles. The molecule has 162 valence electrons. The summed E-state index contributed by atoms with van der Waals surface area (Å²) in [5, 5.41) is 10.6. The molecule has 4 N–H and O–H groups in total. The van der Waals surface area contributed by atoms with E-state index >= 15 is 0 Å². The van der Waals surface area contributed by atoms with Crippen LogP contribution in [0.3, 0.4) is 0 Å². The first-order valence-electron chi connectivity index (χ1n) is 10.3. The lowest BCUT2D eigenvalue weighted by molar-refractivity contribution is 0.249. The van der Waals surface area contributed by atoms with E-state index in [1.165, 1.54) is 0 Å². The highest BCUT2D eigenvalue weighted by molar-refractivity contribution is 5.98. The average Bonchev–Trinajstić information content (AvgIpc) is 3.16. The van der Waals surface area contributed by atoms with Crippen LogP contribution in [0.2, 0.25) is 0 Å². The number of nitrogen functional groups attached to an aromatic ring is 1. The van der Waals surface area contributed by atoms with Crippen molar-refractivity contribution in [1.82, 2.24) is 15.1 Å². The number of benzene rings is 3. The SMILES string of the molecule is COc1ccc(-c2nn(-c3ccccc3)c(N)c2NC(=O)NC(C)c2ccccc2)cc1. The molecule has 0 aliphatic rings. The molecule has 1 aromatic heterocycles. The first-order valence-corrected chi connectivity index (χ1v) is 10.3. The predicted molar refractivity (Wildman–Crippen MR) is 127 cm³/mol. The number of hydrogen-bond acceptors (Lipinski definition) is 4. The molecule has 7 nitrogen and oxygen atoms in total. The highest BCUT2D eigenvalue weighted by Gasteiger charge is 2.21. The number of para-hydroxylation sites is 1. The van der Waals surface area contributed by atoms with Gasteiger partial charge in [-0.3, -0.25) is 0 Å². The van der Waals surface area contributed by atoms with Crippen LogP contribution in [0.25, 0.3) is 16.9 Å². The van der Waals surface area contributed by atoms with Crippen molar-refractivity contribution in [2.45, 2.75) is 13.0 Å². The Morgan fingerprint density at radius 3 is 2.22 bits per heavy atom. The summed E-state index contributed by atoms with van der Waals surface area (Å²) in [5.74, 6) is 1.07.